The van der Waals surface area contributed by atoms with E-state index >= 15 is 0 Å². The molecule has 3 rings (SSSR count). The predicted octanol–water partition coefficient (Wildman–Crippen LogP) is 2.22. The molecule has 242 valence electrons. The fourth-order valence-corrected chi connectivity index (χ4v) is 6.11. The van der Waals surface area contributed by atoms with Crippen LogP contribution in [0.2, 0.25) is 13.1 Å². The fourth-order valence-electron chi connectivity index (χ4n) is 5.48. The maximum Gasteiger partial charge on any atom is 0.303 e. The van der Waals surface area contributed by atoms with Gasteiger partial charge < -0.3 is 39.5 Å². The van der Waals surface area contributed by atoms with E-state index in [0.29, 0.717) is 19.4 Å². The summed E-state index contributed by atoms with van der Waals surface area (Å²) in [6.45, 7) is 13.0. The number of carbonyl (C=O) groups excluding carboxylic acids is 3. The number of hydrogen-bond acceptors (Lipinski definition) is 9. The Labute approximate surface area is 256 Å². The molecule has 0 aliphatic carbocycles. The van der Waals surface area contributed by atoms with Gasteiger partial charge in [0.1, 0.15) is 23.9 Å². The Balaban J connectivity index is 1.50. The Kier molecular flexibility index (Phi) is 12.3. The number of carbonyl (C=O) groups is 3. The quantitative estimate of drug-likeness (QED) is 0.0843. The van der Waals surface area contributed by atoms with Crippen LogP contribution in [0.4, 0.5) is 0 Å². The van der Waals surface area contributed by atoms with Crippen molar-refractivity contribution < 1.29 is 43.2 Å². The number of ether oxygens (including phenoxy) is 4. The number of nitrogens with one attached hydrogen (secondary N) is 2. The van der Waals surface area contributed by atoms with Gasteiger partial charge in [-0.15, -0.1) is 0 Å². The molecule has 4 N–H and O–H groups in total. The largest absolute Gasteiger partial charge is 0.459 e. The standard InChI is InChI=1S/C31H50N2O9Si/c1-19(8-11-26-20(2)14-25(22(4)41-26)33-28(35)13-10-21(3)40-23(5)34)9-12-27-30(37)31(17-39-31)16-24(42-27)15-29(36)32-18-43(6,7)38/h8-10,12-13,20-22,24-27,30,37-38H,11,14-18H2,1-7H3,(H,32,36)(H,33,35)/b12-9+,13-10-,19-8+/t20-,21-,22+,24+,25+,26-,27+,30+,31+/m0/s1. The Morgan fingerprint density at radius 1 is 1.16 bits per heavy atom. The Hall–Kier alpha value is -2.35. The first kappa shape index (κ1) is 35.1. The van der Waals surface area contributed by atoms with Crippen molar-refractivity contribution in [1.82, 2.24) is 10.6 Å². The molecule has 3 saturated heterocycles. The van der Waals surface area contributed by atoms with E-state index in [4.69, 9.17) is 18.9 Å². The molecule has 0 aromatic carbocycles. The van der Waals surface area contributed by atoms with Crippen molar-refractivity contribution >= 4 is 26.1 Å². The van der Waals surface area contributed by atoms with Gasteiger partial charge in [-0.1, -0.05) is 30.7 Å². The average Bonchev–Trinajstić information content (AvgIpc) is 3.67. The number of aliphatic hydroxyl groups excluding tert-OH is 1. The van der Waals surface area contributed by atoms with Gasteiger partial charge in [-0.2, -0.15) is 0 Å². The Morgan fingerprint density at radius 3 is 2.49 bits per heavy atom. The number of allylic oxidation sites excluding steroid dienone is 2. The summed E-state index contributed by atoms with van der Waals surface area (Å²) in [6.07, 6.45) is 8.59. The van der Waals surface area contributed by atoms with Crippen molar-refractivity contribution in [3.8, 4) is 0 Å². The van der Waals surface area contributed by atoms with E-state index < -0.39 is 44.3 Å². The van der Waals surface area contributed by atoms with Crippen LogP contribution in [0.25, 0.3) is 0 Å². The zero-order chi connectivity index (χ0) is 31.9. The molecule has 3 heterocycles. The molecule has 9 atom stereocenters. The minimum Gasteiger partial charge on any atom is -0.459 e. The molecule has 0 radical (unpaired) electrons. The van der Waals surface area contributed by atoms with Crippen molar-refractivity contribution in [2.45, 2.75) is 122 Å². The third kappa shape index (κ3) is 11.3. The summed E-state index contributed by atoms with van der Waals surface area (Å²) in [4.78, 5) is 45.8. The summed E-state index contributed by atoms with van der Waals surface area (Å²) in [5.74, 6) is -0.632. The monoisotopic (exact) mass is 622 g/mol. The van der Waals surface area contributed by atoms with Gasteiger partial charge in [-0.3, -0.25) is 14.4 Å². The summed E-state index contributed by atoms with van der Waals surface area (Å²) in [6, 6.07) is -0.133. The molecule has 0 saturated carbocycles. The SMILES string of the molecule is CC(=O)O[C@@H](C)/C=C\C(=O)N[C@@H]1C[C@H](C)[C@H](C/C=C(C)/C=C/[C@H]2O[C@H](CC(=O)NC[Si](C)(C)O)C[C@@]3(CO3)[C@@H]2O)O[C@@H]1C. The number of hydrogen-bond donors (Lipinski definition) is 4. The zero-order valence-corrected chi connectivity index (χ0v) is 27.5. The molecule has 3 aliphatic rings. The molecule has 3 fully saturated rings. The lowest BCUT2D eigenvalue weighted by molar-refractivity contribution is -0.145. The first-order chi connectivity index (χ1) is 20.1. The summed E-state index contributed by atoms with van der Waals surface area (Å²) in [7, 11) is -2.40. The zero-order valence-electron chi connectivity index (χ0n) is 26.5. The van der Waals surface area contributed by atoms with E-state index in [2.05, 4.69) is 23.6 Å². The molecule has 0 aromatic rings. The van der Waals surface area contributed by atoms with Crippen LogP contribution in [-0.4, -0.2) is 97.0 Å². The lowest BCUT2D eigenvalue weighted by Gasteiger charge is -2.39. The van der Waals surface area contributed by atoms with Gasteiger partial charge in [0.2, 0.25) is 20.1 Å². The number of rotatable bonds is 12. The van der Waals surface area contributed by atoms with Crippen LogP contribution < -0.4 is 10.6 Å². The fraction of sp³-hybridized carbons (Fsp3) is 0.710. The number of epoxide rings is 1. The molecule has 1 spiro atoms. The molecule has 0 aromatic heterocycles. The molecule has 12 heteroatoms. The maximum absolute atomic E-state index is 12.4. The van der Waals surface area contributed by atoms with Crippen LogP contribution in [-0.2, 0) is 33.3 Å². The van der Waals surface area contributed by atoms with E-state index in [1.807, 2.05) is 26.0 Å². The average molecular weight is 623 g/mol. The van der Waals surface area contributed by atoms with Gasteiger partial charge in [0.25, 0.3) is 0 Å². The molecule has 11 nitrogen and oxygen atoms in total. The van der Waals surface area contributed by atoms with E-state index in [1.165, 1.54) is 13.0 Å². The van der Waals surface area contributed by atoms with Crippen molar-refractivity contribution in [3.05, 3.63) is 36.0 Å². The predicted molar refractivity (Wildman–Crippen MR) is 163 cm³/mol. The van der Waals surface area contributed by atoms with Gasteiger partial charge in [0.05, 0.1) is 37.4 Å². The summed E-state index contributed by atoms with van der Waals surface area (Å²) in [5, 5.41) is 16.7. The molecular formula is C31H50N2O9Si. The maximum atomic E-state index is 12.4. The Bertz CT molecular complexity index is 1080. The van der Waals surface area contributed by atoms with E-state index in [1.54, 1.807) is 26.1 Å². The molecular weight excluding hydrogens is 572 g/mol. The van der Waals surface area contributed by atoms with Crippen LogP contribution in [0.5, 0.6) is 0 Å². The van der Waals surface area contributed by atoms with Gasteiger partial charge in [0.15, 0.2) is 0 Å². The van der Waals surface area contributed by atoms with E-state index in [0.717, 1.165) is 12.0 Å². The highest BCUT2D eigenvalue weighted by molar-refractivity contribution is 6.70. The van der Waals surface area contributed by atoms with Crippen LogP contribution in [0.15, 0.2) is 36.0 Å². The number of esters is 1. The topological polar surface area (TPSA) is 156 Å². The smallest absolute Gasteiger partial charge is 0.303 e. The van der Waals surface area contributed by atoms with Crippen molar-refractivity contribution in [1.29, 1.82) is 0 Å². The van der Waals surface area contributed by atoms with Crippen molar-refractivity contribution in [3.63, 3.8) is 0 Å². The summed E-state index contributed by atoms with van der Waals surface area (Å²) in [5.41, 5.74) is 0.312. The molecule has 2 amide bonds. The normalized spacial score (nSPS) is 33.9. The van der Waals surface area contributed by atoms with Crippen LogP contribution in [0, 0.1) is 5.92 Å². The van der Waals surface area contributed by atoms with Crippen LogP contribution in [0.1, 0.15) is 60.3 Å². The highest BCUT2D eigenvalue weighted by Gasteiger charge is 2.58. The lowest BCUT2D eigenvalue weighted by atomic mass is 9.87. The second kappa shape index (κ2) is 15.1. The summed E-state index contributed by atoms with van der Waals surface area (Å²) < 4.78 is 23.0. The molecule has 0 bridgehead atoms. The van der Waals surface area contributed by atoms with Gasteiger partial charge in [0, 0.05) is 25.6 Å². The first-order valence-electron chi connectivity index (χ1n) is 15.2. The minimum absolute atomic E-state index is 0.0134. The van der Waals surface area contributed by atoms with E-state index in [9.17, 15) is 24.3 Å². The van der Waals surface area contributed by atoms with E-state index in [-0.39, 0.29) is 48.6 Å². The van der Waals surface area contributed by atoms with Crippen LogP contribution >= 0.6 is 0 Å². The second-order valence-electron chi connectivity index (χ2n) is 12.9. The second-order valence-corrected chi connectivity index (χ2v) is 16.9. The van der Waals surface area contributed by atoms with Gasteiger partial charge in [-0.05, 0) is 58.7 Å². The van der Waals surface area contributed by atoms with Crippen molar-refractivity contribution in [2.24, 2.45) is 5.92 Å². The molecule has 43 heavy (non-hydrogen) atoms. The summed E-state index contributed by atoms with van der Waals surface area (Å²) >= 11 is 0. The first-order valence-corrected chi connectivity index (χ1v) is 18.3. The lowest BCUT2D eigenvalue weighted by Crippen LogP contribution is -2.51. The minimum atomic E-state index is -2.40. The van der Waals surface area contributed by atoms with Gasteiger partial charge >= 0.3 is 5.97 Å². The number of amides is 2. The van der Waals surface area contributed by atoms with Crippen LogP contribution in [0.3, 0.4) is 0 Å². The highest BCUT2D eigenvalue weighted by Crippen LogP contribution is 2.43. The third-order valence-electron chi connectivity index (χ3n) is 8.05. The molecule has 3 aliphatic heterocycles. The number of aliphatic hydroxyl groups is 1. The third-order valence-corrected chi connectivity index (χ3v) is 9.10. The van der Waals surface area contributed by atoms with Gasteiger partial charge in [-0.25, -0.2) is 0 Å². The highest BCUT2D eigenvalue weighted by atomic mass is 28.4. The van der Waals surface area contributed by atoms with Crippen molar-refractivity contribution in [2.75, 3.05) is 12.8 Å². The Morgan fingerprint density at radius 2 is 1.86 bits per heavy atom. The molecule has 0 unspecified atom stereocenters.